The van der Waals surface area contributed by atoms with Crippen molar-refractivity contribution < 1.29 is 4.42 Å². The molecular weight excluding hydrogens is 420 g/mol. The van der Waals surface area contributed by atoms with Crippen LogP contribution in [0.3, 0.4) is 0 Å². The van der Waals surface area contributed by atoms with E-state index in [9.17, 15) is 0 Å². The summed E-state index contributed by atoms with van der Waals surface area (Å²) >= 11 is 7.88. The van der Waals surface area contributed by atoms with Crippen LogP contribution in [0.1, 0.15) is 51.0 Å². The largest absolute Gasteiger partial charge is 0.426 e. The van der Waals surface area contributed by atoms with Crippen LogP contribution >= 0.6 is 22.9 Å². The van der Waals surface area contributed by atoms with Gasteiger partial charge >= 0.3 is 0 Å². The smallest absolute Gasteiger partial charge is 0.219 e. The summed E-state index contributed by atoms with van der Waals surface area (Å²) in [7, 11) is 0. The number of hydrogen-bond donors (Lipinski definition) is 0. The Morgan fingerprint density at radius 3 is 2.50 bits per heavy atom. The van der Waals surface area contributed by atoms with Crippen LogP contribution in [0, 0.1) is 27.7 Å². The number of aromatic nitrogens is 5. The Labute approximate surface area is 182 Å². The fourth-order valence-electron chi connectivity index (χ4n) is 3.72. The third-order valence-electron chi connectivity index (χ3n) is 5.29. The first kappa shape index (κ1) is 19.1. The quantitative estimate of drug-likeness (QED) is 0.461. The third kappa shape index (κ3) is 3.07. The molecule has 0 aliphatic carbocycles. The predicted octanol–water partition coefficient (Wildman–Crippen LogP) is 4.73. The normalized spacial score (nSPS) is 15.5. The van der Waals surface area contributed by atoms with Crippen LogP contribution in [0.15, 0.2) is 33.7 Å². The first-order valence-corrected chi connectivity index (χ1v) is 10.8. The van der Waals surface area contributed by atoms with E-state index in [2.05, 4.69) is 38.8 Å². The lowest BCUT2D eigenvalue weighted by Crippen LogP contribution is -2.09. The van der Waals surface area contributed by atoms with Crippen LogP contribution in [-0.4, -0.2) is 30.7 Å². The van der Waals surface area contributed by atoms with Crippen molar-refractivity contribution in [1.29, 1.82) is 0 Å². The van der Waals surface area contributed by atoms with Crippen molar-refractivity contribution in [2.45, 2.75) is 40.2 Å². The summed E-state index contributed by atoms with van der Waals surface area (Å²) in [6.45, 7) is 8.01. The van der Waals surface area contributed by atoms with Crippen molar-refractivity contribution in [3.05, 3.63) is 74.3 Å². The van der Waals surface area contributed by atoms with E-state index >= 15 is 0 Å². The van der Waals surface area contributed by atoms with Gasteiger partial charge in [-0.25, -0.2) is 0 Å². The van der Waals surface area contributed by atoms with Gasteiger partial charge in [-0.15, -0.1) is 31.7 Å². The minimum absolute atomic E-state index is 0.309. The number of rotatable bonds is 3. The van der Waals surface area contributed by atoms with Crippen molar-refractivity contribution >= 4 is 28.6 Å². The Hall–Kier alpha value is -2.84. The zero-order chi connectivity index (χ0) is 21.0. The van der Waals surface area contributed by atoms with Gasteiger partial charge in [0, 0.05) is 28.0 Å². The monoisotopic (exact) mass is 438 g/mol. The molecule has 0 unspecified atom stereocenters. The minimum atomic E-state index is -0.309. The highest BCUT2D eigenvalue weighted by atomic mass is 35.5. The Kier molecular flexibility index (Phi) is 4.56. The molecule has 0 amide bonds. The van der Waals surface area contributed by atoms with Crippen LogP contribution in [0.5, 0.6) is 0 Å². The summed E-state index contributed by atoms with van der Waals surface area (Å²) < 4.78 is 7.75. The van der Waals surface area contributed by atoms with Gasteiger partial charge in [-0.1, -0.05) is 23.7 Å². The molecule has 1 aromatic carbocycles. The molecular formula is C21H19ClN6OS. The molecule has 1 atom stereocenters. The molecule has 7 nitrogen and oxygen atoms in total. The number of aliphatic imine (C=N–C) groups is 1. The highest BCUT2D eigenvalue weighted by Crippen LogP contribution is 2.39. The van der Waals surface area contributed by atoms with E-state index in [0.29, 0.717) is 23.2 Å². The summed E-state index contributed by atoms with van der Waals surface area (Å²) in [5.41, 5.74) is 4.23. The fourth-order valence-corrected chi connectivity index (χ4v) is 5.06. The third-order valence-corrected chi connectivity index (χ3v) is 6.74. The fraction of sp³-hybridized carbons (Fsp3) is 0.286. The van der Waals surface area contributed by atoms with Gasteiger partial charge in [0.15, 0.2) is 5.82 Å². The molecule has 4 aromatic rings. The molecule has 5 rings (SSSR count). The SMILES string of the molecule is Cc1nnc(C[C@@H]2N=C(c3ccc(Cl)cc3)c3c(sc(C)c3C)-n3c(C)nnc32)o1. The van der Waals surface area contributed by atoms with Crippen LogP contribution in [0.4, 0.5) is 0 Å². The van der Waals surface area contributed by atoms with Gasteiger partial charge in [-0.3, -0.25) is 9.56 Å². The number of benzene rings is 1. The van der Waals surface area contributed by atoms with E-state index in [1.54, 1.807) is 18.3 Å². The van der Waals surface area contributed by atoms with Gasteiger partial charge in [-0.2, -0.15) is 0 Å². The molecule has 0 bridgehead atoms. The molecule has 9 heteroatoms. The van der Waals surface area contributed by atoms with Crippen molar-refractivity contribution in [1.82, 2.24) is 25.0 Å². The summed E-state index contributed by atoms with van der Waals surface area (Å²) in [6.07, 6.45) is 0.447. The van der Waals surface area contributed by atoms with Crippen molar-refractivity contribution in [2.75, 3.05) is 0 Å². The maximum absolute atomic E-state index is 6.15. The molecule has 0 radical (unpaired) electrons. The standard InChI is InChI=1S/C21H19ClN6OS/c1-10-11(2)30-21-18(10)19(14-5-7-15(22)8-6-14)23-16(9-17-26-25-13(4)29-17)20-27-24-12(3)28(20)21/h5-8,16H,9H2,1-4H3/t16-/m0/s1. The Balaban J connectivity index is 1.76. The predicted molar refractivity (Wildman–Crippen MR) is 116 cm³/mol. The lowest BCUT2D eigenvalue weighted by molar-refractivity contribution is 0.447. The van der Waals surface area contributed by atoms with Gasteiger partial charge in [-0.05, 0) is 38.5 Å². The molecule has 1 aliphatic heterocycles. The van der Waals surface area contributed by atoms with Gasteiger partial charge in [0.25, 0.3) is 0 Å². The summed E-state index contributed by atoms with van der Waals surface area (Å²) in [6, 6.07) is 7.48. The van der Waals surface area contributed by atoms with Gasteiger partial charge in [0.2, 0.25) is 11.8 Å². The number of aryl methyl sites for hydroxylation is 3. The van der Waals surface area contributed by atoms with E-state index in [-0.39, 0.29) is 6.04 Å². The number of fused-ring (bicyclic) bond motifs is 3. The van der Waals surface area contributed by atoms with Gasteiger partial charge < -0.3 is 4.42 Å². The van der Waals surface area contributed by atoms with E-state index in [4.69, 9.17) is 21.0 Å². The van der Waals surface area contributed by atoms with Gasteiger partial charge in [0.1, 0.15) is 16.9 Å². The summed E-state index contributed by atoms with van der Waals surface area (Å²) in [5, 5.41) is 18.7. The molecule has 30 heavy (non-hydrogen) atoms. The summed E-state index contributed by atoms with van der Waals surface area (Å²) in [4.78, 5) is 6.42. The maximum Gasteiger partial charge on any atom is 0.219 e. The van der Waals surface area contributed by atoms with E-state index in [1.807, 2.05) is 31.2 Å². The lowest BCUT2D eigenvalue weighted by atomic mass is 9.99. The second-order valence-corrected chi connectivity index (χ2v) is 8.96. The Morgan fingerprint density at radius 1 is 1.03 bits per heavy atom. The van der Waals surface area contributed by atoms with Crippen LogP contribution in [0.25, 0.3) is 5.00 Å². The Morgan fingerprint density at radius 2 is 1.80 bits per heavy atom. The van der Waals surface area contributed by atoms with Gasteiger partial charge in [0.05, 0.1) is 12.1 Å². The highest BCUT2D eigenvalue weighted by Gasteiger charge is 2.32. The average molecular weight is 439 g/mol. The molecule has 0 spiro atoms. The molecule has 0 saturated heterocycles. The number of hydrogen-bond acceptors (Lipinski definition) is 7. The lowest BCUT2D eigenvalue weighted by Gasteiger charge is -2.11. The van der Waals surface area contributed by atoms with Crippen molar-refractivity contribution in [3.8, 4) is 5.00 Å². The first-order chi connectivity index (χ1) is 14.4. The number of halogens is 1. The Bertz CT molecular complexity index is 1280. The molecule has 0 N–H and O–H groups in total. The van der Waals surface area contributed by atoms with E-state index in [1.165, 1.54) is 10.4 Å². The van der Waals surface area contributed by atoms with Crippen LogP contribution in [0.2, 0.25) is 5.02 Å². The molecule has 1 aliphatic rings. The molecule has 3 aromatic heterocycles. The average Bonchev–Trinajstić information content (AvgIpc) is 3.35. The van der Waals surface area contributed by atoms with Crippen LogP contribution < -0.4 is 0 Å². The van der Waals surface area contributed by atoms with E-state index < -0.39 is 0 Å². The molecule has 0 fully saturated rings. The van der Waals surface area contributed by atoms with E-state index in [0.717, 1.165) is 33.5 Å². The maximum atomic E-state index is 6.15. The zero-order valence-electron chi connectivity index (χ0n) is 17.0. The number of thiophene rings is 1. The zero-order valence-corrected chi connectivity index (χ0v) is 18.5. The minimum Gasteiger partial charge on any atom is -0.426 e. The number of nitrogens with zero attached hydrogens (tertiary/aromatic N) is 6. The highest BCUT2D eigenvalue weighted by molar-refractivity contribution is 7.15. The second kappa shape index (κ2) is 7.14. The first-order valence-electron chi connectivity index (χ1n) is 9.57. The summed E-state index contributed by atoms with van der Waals surface area (Å²) in [5.74, 6) is 2.66. The van der Waals surface area contributed by atoms with Crippen LogP contribution in [-0.2, 0) is 6.42 Å². The topological polar surface area (TPSA) is 82.0 Å². The molecule has 4 heterocycles. The van der Waals surface area contributed by atoms with Crippen molar-refractivity contribution in [2.24, 2.45) is 4.99 Å². The van der Waals surface area contributed by atoms with Crippen molar-refractivity contribution in [3.63, 3.8) is 0 Å². The molecule has 0 saturated carbocycles. The molecule has 152 valence electrons. The second-order valence-electron chi connectivity index (χ2n) is 7.32.